The fourth-order valence-corrected chi connectivity index (χ4v) is 11.7. The number of hydrogen-bond acceptors (Lipinski definition) is 5. The van der Waals surface area contributed by atoms with E-state index in [0.29, 0.717) is 17.8 Å². The fraction of sp³-hybridized carbons (Fsp3) is 0.903. The molecule has 0 bridgehead atoms. The molecule has 0 saturated heterocycles. The highest BCUT2D eigenvalue weighted by atomic mass is 16.5. The molecular weight excluding hydrogens is 452 g/mol. The van der Waals surface area contributed by atoms with Gasteiger partial charge in [-0.1, -0.05) is 34.3 Å². The summed E-state index contributed by atoms with van der Waals surface area (Å²) in [6, 6.07) is 0. The van der Waals surface area contributed by atoms with Crippen LogP contribution >= 0.6 is 0 Å². The highest BCUT2D eigenvalue weighted by Crippen LogP contribution is 2.77. The van der Waals surface area contributed by atoms with E-state index < -0.39 is 16.9 Å². The third kappa shape index (κ3) is 3.09. The first-order chi connectivity index (χ1) is 16.9. The molecule has 0 radical (unpaired) electrons. The molecule has 5 heteroatoms. The van der Waals surface area contributed by atoms with E-state index in [1.54, 1.807) is 0 Å². The smallest absolute Gasteiger partial charge is 0.312 e. The maximum atomic E-state index is 13.4. The van der Waals surface area contributed by atoms with E-state index in [0.717, 1.165) is 69.8 Å². The number of esters is 1. The summed E-state index contributed by atoms with van der Waals surface area (Å²) < 4.78 is 5.45. The first-order valence-corrected chi connectivity index (χ1v) is 14.6. The summed E-state index contributed by atoms with van der Waals surface area (Å²) in [5.74, 6) is 1.57. The van der Waals surface area contributed by atoms with E-state index in [1.807, 2.05) is 0 Å². The molecule has 5 aliphatic carbocycles. The summed E-state index contributed by atoms with van der Waals surface area (Å²) in [7, 11) is 1.53. The van der Waals surface area contributed by atoms with Crippen molar-refractivity contribution in [1.82, 2.24) is 0 Å². The van der Waals surface area contributed by atoms with Gasteiger partial charge in [0.2, 0.25) is 0 Å². The van der Waals surface area contributed by atoms with Gasteiger partial charge in [-0.3, -0.25) is 4.79 Å². The number of fused-ring (bicyclic) bond motifs is 7. The SMILES string of the molecule is C=C(CO)[C@@H]1CC[C@]2(C(=O)OC)CC[C@]3(C)C(CC[C@@H]4[C@@]5(C)CCC(O)[C@@](C)(CO)[C@@H]5CC[C@]43C)[C@@H]12. The average Bonchev–Trinajstić information content (AvgIpc) is 3.26. The van der Waals surface area contributed by atoms with Gasteiger partial charge in [0, 0.05) is 5.41 Å². The lowest BCUT2D eigenvalue weighted by Gasteiger charge is -2.72. The van der Waals surface area contributed by atoms with E-state index >= 15 is 0 Å². The number of ether oxygens (including phenoxy) is 1. The van der Waals surface area contributed by atoms with Gasteiger partial charge >= 0.3 is 5.97 Å². The lowest BCUT2D eigenvalue weighted by molar-refractivity contribution is -0.254. The second-order valence-corrected chi connectivity index (χ2v) is 14.5. The molecule has 5 nitrogen and oxygen atoms in total. The van der Waals surface area contributed by atoms with Crippen molar-refractivity contribution in [3.8, 4) is 0 Å². The van der Waals surface area contributed by atoms with Crippen molar-refractivity contribution in [1.29, 1.82) is 0 Å². The van der Waals surface area contributed by atoms with Gasteiger partial charge in [0.1, 0.15) is 0 Å². The van der Waals surface area contributed by atoms with Crippen molar-refractivity contribution in [3.05, 3.63) is 12.2 Å². The van der Waals surface area contributed by atoms with Crippen LogP contribution in [-0.4, -0.2) is 47.7 Å². The Morgan fingerprint density at radius 1 is 0.889 bits per heavy atom. The number of carbonyl (C=O) groups excluding carboxylic acids is 1. The maximum Gasteiger partial charge on any atom is 0.312 e. The van der Waals surface area contributed by atoms with Crippen LogP contribution in [-0.2, 0) is 9.53 Å². The van der Waals surface area contributed by atoms with Crippen molar-refractivity contribution in [3.63, 3.8) is 0 Å². The molecule has 0 spiro atoms. The van der Waals surface area contributed by atoms with E-state index in [9.17, 15) is 20.1 Å². The lowest BCUT2D eigenvalue weighted by Crippen LogP contribution is -2.67. The largest absolute Gasteiger partial charge is 0.469 e. The summed E-state index contributed by atoms with van der Waals surface area (Å²) in [4.78, 5) is 13.4. The van der Waals surface area contributed by atoms with Gasteiger partial charge in [-0.15, -0.1) is 0 Å². The third-order valence-electron chi connectivity index (χ3n) is 13.9. The molecule has 0 amide bonds. The minimum atomic E-state index is -0.448. The van der Waals surface area contributed by atoms with Gasteiger partial charge in [0.05, 0.1) is 31.8 Å². The van der Waals surface area contributed by atoms with Crippen LogP contribution in [0.5, 0.6) is 0 Å². The molecule has 0 aromatic carbocycles. The van der Waals surface area contributed by atoms with Crippen molar-refractivity contribution in [2.75, 3.05) is 20.3 Å². The first-order valence-electron chi connectivity index (χ1n) is 14.6. The van der Waals surface area contributed by atoms with Crippen LogP contribution < -0.4 is 0 Å². The minimum Gasteiger partial charge on any atom is -0.469 e. The highest BCUT2D eigenvalue weighted by molar-refractivity contribution is 5.78. The Balaban J connectivity index is 1.56. The zero-order valence-electron chi connectivity index (χ0n) is 23.3. The molecule has 0 heterocycles. The predicted octanol–water partition coefficient (Wildman–Crippen LogP) is 5.12. The molecule has 5 saturated carbocycles. The van der Waals surface area contributed by atoms with Gasteiger partial charge in [0.15, 0.2) is 0 Å². The standard InChI is InChI=1S/C31H50O5/c1-19(17-32)20-9-14-31(26(35)36-6)16-15-29(4)21(25(20)31)7-8-23-27(2)12-11-24(34)28(3,18-33)22(27)10-13-30(23,29)5/h20-25,32-34H,1,7-18H2,2-6H3/t20-,21?,22+,23+,24?,25+,27-,28-,29+,30+,31-/m0/s1. The normalized spacial score (nSPS) is 54.0. The monoisotopic (exact) mass is 502 g/mol. The zero-order valence-corrected chi connectivity index (χ0v) is 23.3. The van der Waals surface area contributed by atoms with Gasteiger partial charge in [-0.25, -0.2) is 0 Å². The van der Waals surface area contributed by atoms with Crippen LogP contribution in [0.1, 0.15) is 91.9 Å². The maximum absolute atomic E-state index is 13.4. The molecule has 36 heavy (non-hydrogen) atoms. The van der Waals surface area contributed by atoms with Crippen LogP contribution in [0.2, 0.25) is 0 Å². The quantitative estimate of drug-likeness (QED) is 0.367. The minimum absolute atomic E-state index is 0.0104. The summed E-state index contributed by atoms with van der Waals surface area (Å²) in [5.41, 5.74) is 0.326. The lowest BCUT2D eigenvalue weighted by atomic mass is 9.32. The van der Waals surface area contributed by atoms with Gasteiger partial charge < -0.3 is 20.1 Å². The summed E-state index contributed by atoms with van der Waals surface area (Å²) in [5, 5.41) is 31.5. The molecule has 0 aliphatic heterocycles. The Labute approximate surface area is 218 Å². The number of rotatable bonds is 4. The second kappa shape index (κ2) is 8.55. The number of aliphatic hydroxyl groups is 3. The molecule has 5 aliphatic rings. The number of methoxy groups -OCH3 is 1. The van der Waals surface area contributed by atoms with Crippen molar-refractivity contribution >= 4 is 5.97 Å². The van der Waals surface area contributed by atoms with Crippen molar-refractivity contribution in [2.45, 2.75) is 98.0 Å². The summed E-state index contributed by atoms with van der Waals surface area (Å²) >= 11 is 0. The molecule has 2 unspecified atom stereocenters. The molecule has 11 atom stereocenters. The summed E-state index contributed by atoms with van der Waals surface area (Å²) in [6.07, 6.45) is 9.39. The molecule has 0 aromatic rings. The number of carbonyl (C=O) groups is 1. The van der Waals surface area contributed by atoms with Crippen LogP contribution in [0, 0.1) is 56.7 Å². The topological polar surface area (TPSA) is 87.0 Å². The zero-order chi connectivity index (χ0) is 26.3. The van der Waals surface area contributed by atoms with Crippen molar-refractivity contribution in [2.24, 2.45) is 56.7 Å². The highest BCUT2D eigenvalue weighted by Gasteiger charge is 2.72. The predicted molar refractivity (Wildman–Crippen MR) is 140 cm³/mol. The second-order valence-electron chi connectivity index (χ2n) is 14.5. The Morgan fingerprint density at radius 3 is 2.25 bits per heavy atom. The molecule has 5 rings (SSSR count). The third-order valence-corrected chi connectivity index (χ3v) is 13.9. The molecule has 0 aromatic heterocycles. The van der Waals surface area contributed by atoms with Crippen molar-refractivity contribution < 1.29 is 24.9 Å². The molecule has 3 N–H and O–H groups in total. The van der Waals surface area contributed by atoms with Crippen LogP contribution in [0.25, 0.3) is 0 Å². The molecule has 204 valence electrons. The van der Waals surface area contributed by atoms with Crippen LogP contribution in [0.3, 0.4) is 0 Å². The Bertz CT molecular complexity index is 917. The number of aliphatic hydroxyl groups excluding tert-OH is 3. The molecular formula is C31H50O5. The van der Waals surface area contributed by atoms with Crippen LogP contribution in [0.4, 0.5) is 0 Å². The first kappa shape index (κ1) is 26.7. The number of hydrogen-bond donors (Lipinski definition) is 3. The van der Waals surface area contributed by atoms with E-state index in [-0.39, 0.29) is 47.3 Å². The van der Waals surface area contributed by atoms with E-state index in [4.69, 9.17) is 4.74 Å². The fourth-order valence-electron chi connectivity index (χ4n) is 11.7. The van der Waals surface area contributed by atoms with Gasteiger partial charge in [0.25, 0.3) is 0 Å². The van der Waals surface area contributed by atoms with Gasteiger partial charge in [-0.2, -0.15) is 0 Å². The van der Waals surface area contributed by atoms with Crippen LogP contribution in [0.15, 0.2) is 12.2 Å². The Kier molecular flexibility index (Phi) is 6.34. The Hall–Kier alpha value is -0.910. The molecule has 5 fully saturated rings. The van der Waals surface area contributed by atoms with E-state index in [1.165, 1.54) is 7.11 Å². The average molecular weight is 503 g/mol. The summed E-state index contributed by atoms with van der Waals surface area (Å²) in [6.45, 7) is 14.0. The van der Waals surface area contributed by atoms with E-state index in [2.05, 4.69) is 34.3 Å². The van der Waals surface area contributed by atoms with Gasteiger partial charge in [-0.05, 0) is 116 Å². The Morgan fingerprint density at radius 2 is 1.61 bits per heavy atom.